The van der Waals surface area contributed by atoms with Gasteiger partial charge in [-0.15, -0.1) is 12.4 Å². The minimum absolute atomic E-state index is 0. The van der Waals surface area contributed by atoms with Crippen molar-refractivity contribution in [2.45, 2.75) is 31.7 Å². The van der Waals surface area contributed by atoms with Gasteiger partial charge in [-0.3, -0.25) is 24.8 Å². The lowest BCUT2D eigenvalue weighted by molar-refractivity contribution is -0.116. The monoisotopic (exact) mass is 545 g/mol. The van der Waals surface area contributed by atoms with Gasteiger partial charge in [0.05, 0.1) is 49.0 Å². The second-order valence-electron chi connectivity index (χ2n) is 8.91. The quantitative estimate of drug-likeness (QED) is 0.264. The Kier molecular flexibility index (Phi) is 9.35. The molecule has 1 saturated heterocycles. The third-order valence-corrected chi connectivity index (χ3v) is 6.25. The van der Waals surface area contributed by atoms with Crippen LogP contribution in [0.5, 0.6) is 11.5 Å². The fourth-order valence-electron chi connectivity index (χ4n) is 4.36. The molecule has 13 heteroatoms. The highest BCUT2D eigenvalue weighted by Gasteiger charge is 2.32. The number of carbonyl (C=O) groups is 3. The molecule has 4 rings (SSSR count). The summed E-state index contributed by atoms with van der Waals surface area (Å²) < 4.78 is 12.9. The number of carbonyl (C=O) groups excluding carboxylic acids is 3. The van der Waals surface area contributed by atoms with Gasteiger partial charge in [0.25, 0.3) is 11.8 Å². The summed E-state index contributed by atoms with van der Waals surface area (Å²) in [7, 11) is 3.19. The molecular weight excluding hydrogens is 514 g/mol. The molecule has 204 valence electrons. The maximum Gasteiger partial charge on any atom is 0.267 e. The van der Waals surface area contributed by atoms with Gasteiger partial charge < -0.3 is 35.3 Å². The molecule has 5 N–H and O–H groups in total. The lowest BCUT2D eigenvalue weighted by Crippen LogP contribution is -2.35. The fourth-order valence-corrected chi connectivity index (χ4v) is 4.36. The third-order valence-electron chi connectivity index (χ3n) is 6.25. The highest BCUT2D eigenvalue weighted by Crippen LogP contribution is 2.38. The molecule has 1 aromatic carbocycles. The van der Waals surface area contributed by atoms with Crippen LogP contribution in [0.2, 0.25) is 0 Å². The Hall–Kier alpha value is -4.06. The van der Waals surface area contributed by atoms with Gasteiger partial charge >= 0.3 is 0 Å². The Balaban J connectivity index is 0.00000400. The van der Waals surface area contributed by atoms with Crippen molar-refractivity contribution in [2.75, 3.05) is 32.1 Å². The highest BCUT2D eigenvalue weighted by atomic mass is 35.5. The lowest BCUT2D eigenvalue weighted by atomic mass is 10.1. The van der Waals surface area contributed by atoms with E-state index in [-0.39, 0.29) is 68.0 Å². The van der Waals surface area contributed by atoms with E-state index in [4.69, 9.17) is 20.6 Å². The molecular formula is C25H32ClN7O5. The Labute approximate surface area is 226 Å². The van der Waals surface area contributed by atoms with Gasteiger partial charge in [-0.2, -0.15) is 0 Å². The zero-order valence-corrected chi connectivity index (χ0v) is 22.1. The number of nitrogens with one attached hydrogen (secondary N) is 3. The van der Waals surface area contributed by atoms with Crippen LogP contribution in [0.15, 0.2) is 29.4 Å². The Morgan fingerprint density at radius 2 is 2.03 bits per heavy atom. The summed E-state index contributed by atoms with van der Waals surface area (Å²) in [6, 6.07) is 4.87. The Morgan fingerprint density at radius 1 is 1.24 bits per heavy atom. The number of ether oxygens (including phenoxy) is 2. The van der Waals surface area contributed by atoms with Crippen molar-refractivity contribution in [3.05, 3.63) is 35.7 Å². The molecule has 0 radical (unpaired) electrons. The summed E-state index contributed by atoms with van der Waals surface area (Å²) in [6.45, 7) is 1.03. The van der Waals surface area contributed by atoms with Crippen molar-refractivity contribution in [2.24, 2.45) is 17.8 Å². The second kappa shape index (κ2) is 12.5. The van der Waals surface area contributed by atoms with Crippen LogP contribution >= 0.6 is 12.4 Å². The van der Waals surface area contributed by atoms with Gasteiger partial charge in [0.1, 0.15) is 5.69 Å². The normalized spacial score (nSPS) is 15.6. The number of hydrogen-bond donors (Lipinski definition) is 4. The SMILES string of the molecule is COc1cc2c(cc1OCCC(=O)Nc1cc(C(=O)NCCC(=N)N)n(C)c1)N=C[C@@H]1CCCN1C2=O.Cl. The number of benzene rings is 1. The topological polar surface area (TPSA) is 164 Å². The molecule has 0 spiro atoms. The summed E-state index contributed by atoms with van der Waals surface area (Å²) in [5, 5.41) is 12.7. The molecule has 38 heavy (non-hydrogen) atoms. The van der Waals surface area contributed by atoms with Gasteiger partial charge in [-0.1, -0.05) is 0 Å². The van der Waals surface area contributed by atoms with Gasteiger partial charge in [-0.05, 0) is 25.0 Å². The lowest BCUT2D eigenvalue weighted by Gasteiger charge is -2.20. The predicted octanol–water partition coefficient (Wildman–Crippen LogP) is 2.24. The summed E-state index contributed by atoms with van der Waals surface area (Å²) in [5.74, 6) is 0.0802. The fraction of sp³-hybridized carbons (Fsp3) is 0.400. The Morgan fingerprint density at radius 3 is 2.76 bits per heavy atom. The van der Waals surface area contributed by atoms with Gasteiger partial charge in [0.15, 0.2) is 11.5 Å². The number of methoxy groups -OCH3 is 1. The number of hydrogen-bond acceptors (Lipinski definition) is 7. The third kappa shape index (κ3) is 6.43. The molecule has 1 aromatic heterocycles. The number of amides is 3. The van der Waals surface area contributed by atoms with Crippen molar-refractivity contribution < 1.29 is 23.9 Å². The maximum atomic E-state index is 13.0. The van der Waals surface area contributed by atoms with Crippen molar-refractivity contribution >= 4 is 53.6 Å². The highest BCUT2D eigenvalue weighted by molar-refractivity contribution is 6.03. The van der Waals surface area contributed by atoms with Crippen LogP contribution in [0.1, 0.15) is 46.5 Å². The number of nitrogens with zero attached hydrogens (tertiary/aromatic N) is 3. The summed E-state index contributed by atoms with van der Waals surface area (Å²) in [4.78, 5) is 44.1. The smallest absolute Gasteiger partial charge is 0.267 e. The van der Waals surface area contributed by atoms with E-state index in [0.29, 0.717) is 40.7 Å². The van der Waals surface area contributed by atoms with E-state index in [2.05, 4.69) is 15.6 Å². The van der Waals surface area contributed by atoms with E-state index in [1.807, 2.05) is 4.90 Å². The molecule has 3 amide bonds. The van der Waals surface area contributed by atoms with Crippen LogP contribution in [-0.2, 0) is 11.8 Å². The van der Waals surface area contributed by atoms with E-state index in [1.165, 1.54) is 7.11 Å². The van der Waals surface area contributed by atoms with E-state index in [9.17, 15) is 14.4 Å². The van der Waals surface area contributed by atoms with Crippen LogP contribution in [0.3, 0.4) is 0 Å². The van der Waals surface area contributed by atoms with Crippen molar-refractivity contribution in [1.82, 2.24) is 14.8 Å². The number of halogens is 1. The largest absolute Gasteiger partial charge is 0.493 e. The molecule has 2 aliphatic heterocycles. The number of rotatable bonds is 10. The van der Waals surface area contributed by atoms with E-state index in [0.717, 1.165) is 12.8 Å². The molecule has 0 aliphatic carbocycles. The average molecular weight is 546 g/mol. The van der Waals surface area contributed by atoms with E-state index >= 15 is 0 Å². The van der Waals surface area contributed by atoms with Gasteiger partial charge in [0, 0.05) is 45.0 Å². The molecule has 1 atom stereocenters. The number of aryl methyl sites for hydroxylation is 1. The van der Waals surface area contributed by atoms with E-state index in [1.54, 1.807) is 42.2 Å². The molecule has 2 aromatic rings. The maximum absolute atomic E-state index is 13.0. The summed E-state index contributed by atoms with van der Waals surface area (Å²) >= 11 is 0. The number of anilines is 1. The van der Waals surface area contributed by atoms with Crippen LogP contribution < -0.4 is 25.8 Å². The molecule has 0 unspecified atom stereocenters. The summed E-state index contributed by atoms with van der Waals surface area (Å²) in [6.07, 6.45) is 5.60. The van der Waals surface area contributed by atoms with Crippen molar-refractivity contribution in [3.63, 3.8) is 0 Å². The first-order valence-corrected chi connectivity index (χ1v) is 12.0. The number of fused-ring (bicyclic) bond motifs is 2. The second-order valence-corrected chi connectivity index (χ2v) is 8.91. The molecule has 0 bridgehead atoms. The Bertz CT molecular complexity index is 1260. The zero-order valence-electron chi connectivity index (χ0n) is 21.3. The van der Waals surface area contributed by atoms with Crippen LogP contribution in [0, 0.1) is 5.41 Å². The van der Waals surface area contributed by atoms with Crippen molar-refractivity contribution in [1.29, 1.82) is 5.41 Å². The number of aromatic nitrogens is 1. The molecule has 0 saturated carbocycles. The van der Waals surface area contributed by atoms with Crippen LogP contribution in [-0.4, -0.2) is 72.1 Å². The van der Waals surface area contributed by atoms with Crippen LogP contribution in [0.4, 0.5) is 11.4 Å². The van der Waals surface area contributed by atoms with E-state index < -0.39 is 0 Å². The number of nitrogens with two attached hydrogens (primary N) is 1. The minimum atomic E-state index is -0.329. The van der Waals surface area contributed by atoms with Gasteiger partial charge in [0.2, 0.25) is 5.91 Å². The van der Waals surface area contributed by atoms with Crippen molar-refractivity contribution in [3.8, 4) is 11.5 Å². The first kappa shape index (κ1) is 28.5. The minimum Gasteiger partial charge on any atom is -0.493 e. The van der Waals surface area contributed by atoms with Crippen LogP contribution in [0.25, 0.3) is 0 Å². The predicted molar refractivity (Wildman–Crippen MR) is 145 cm³/mol. The average Bonchev–Trinajstić information content (AvgIpc) is 3.45. The standard InChI is InChI=1S/C25H31N7O5.ClH/c1-31-14-15(10-19(31)24(34)28-7-5-22(26)27)30-23(33)6-9-37-21-12-18-17(11-20(21)36-2)25(35)32-8-3-4-16(32)13-29-18;/h10-14,16H,3-9H2,1-2H3,(H3,26,27)(H,28,34)(H,30,33);1H/t16-;/m0./s1. The molecule has 3 heterocycles. The van der Waals surface area contributed by atoms with Gasteiger partial charge in [-0.25, -0.2) is 0 Å². The molecule has 2 aliphatic rings. The first-order valence-electron chi connectivity index (χ1n) is 12.0. The zero-order chi connectivity index (χ0) is 26.5. The number of aliphatic imine (C=N–C) groups is 1. The number of amidine groups is 1. The molecule has 1 fully saturated rings. The first-order chi connectivity index (χ1) is 17.8. The molecule has 12 nitrogen and oxygen atoms in total. The summed E-state index contributed by atoms with van der Waals surface area (Å²) in [5.41, 5.74) is 7.11.